The van der Waals surface area contributed by atoms with Crippen LogP contribution < -0.4 is 0 Å². The summed E-state index contributed by atoms with van der Waals surface area (Å²) in [5.41, 5.74) is -2.66. The zero-order valence-corrected chi connectivity index (χ0v) is 17.1. The number of aromatic nitrogens is 3. The molecular formula is C22H13F8N3O. The largest absolute Gasteiger partial charge is 0.508 e. The fourth-order valence-electron chi connectivity index (χ4n) is 3.53. The van der Waals surface area contributed by atoms with Crippen LogP contribution in [0.4, 0.5) is 35.1 Å². The highest BCUT2D eigenvalue weighted by molar-refractivity contribution is 5.71. The average Bonchev–Trinajstić information content (AvgIpc) is 3.10. The second-order valence-corrected chi connectivity index (χ2v) is 7.31. The Morgan fingerprint density at radius 2 is 1.59 bits per heavy atom. The maximum atomic E-state index is 14.6. The van der Waals surface area contributed by atoms with Crippen molar-refractivity contribution in [1.29, 1.82) is 0 Å². The standard InChI is InChI=1S/C22H13F8N3O/c1-2-16-20(19-14(24)6-11(34)7-15(19)25)33-9-17(31-8-18(33)32-16)10-3-4-13(23)12(5-10)21(26,27)22(28,29)30/h3-9,34H,2H2,1H3. The van der Waals surface area contributed by atoms with E-state index in [0.29, 0.717) is 24.3 Å². The third-order valence-electron chi connectivity index (χ3n) is 5.14. The second kappa shape index (κ2) is 7.96. The molecule has 4 aromatic rings. The van der Waals surface area contributed by atoms with Crippen molar-refractivity contribution in [1.82, 2.24) is 14.4 Å². The van der Waals surface area contributed by atoms with Crippen LogP contribution in [0.2, 0.25) is 0 Å². The first-order valence-corrected chi connectivity index (χ1v) is 9.65. The van der Waals surface area contributed by atoms with E-state index in [9.17, 15) is 40.2 Å². The maximum absolute atomic E-state index is 14.6. The average molecular weight is 487 g/mol. The highest BCUT2D eigenvalue weighted by Gasteiger charge is 2.60. The summed E-state index contributed by atoms with van der Waals surface area (Å²) >= 11 is 0. The van der Waals surface area contributed by atoms with E-state index in [-0.39, 0.29) is 34.7 Å². The number of halogens is 8. The first-order valence-electron chi connectivity index (χ1n) is 9.65. The zero-order valence-electron chi connectivity index (χ0n) is 17.1. The van der Waals surface area contributed by atoms with E-state index < -0.39 is 46.4 Å². The van der Waals surface area contributed by atoms with Gasteiger partial charge in [-0.15, -0.1) is 0 Å². The van der Waals surface area contributed by atoms with Crippen LogP contribution in [0.1, 0.15) is 18.2 Å². The predicted molar refractivity (Wildman–Crippen MR) is 105 cm³/mol. The number of nitrogens with zero attached hydrogens (tertiary/aromatic N) is 3. The van der Waals surface area contributed by atoms with Gasteiger partial charge in [0.2, 0.25) is 0 Å². The van der Waals surface area contributed by atoms with Gasteiger partial charge in [0, 0.05) is 23.9 Å². The van der Waals surface area contributed by atoms with Crippen LogP contribution in [0, 0.1) is 17.5 Å². The normalized spacial score (nSPS) is 12.5. The van der Waals surface area contributed by atoms with Gasteiger partial charge >= 0.3 is 12.1 Å². The summed E-state index contributed by atoms with van der Waals surface area (Å²) in [5, 5.41) is 9.44. The van der Waals surface area contributed by atoms with Gasteiger partial charge < -0.3 is 5.11 Å². The summed E-state index contributed by atoms with van der Waals surface area (Å²) < 4.78 is 110. The van der Waals surface area contributed by atoms with Crippen molar-refractivity contribution in [3.63, 3.8) is 0 Å². The summed E-state index contributed by atoms with van der Waals surface area (Å²) in [6.45, 7) is 1.65. The monoisotopic (exact) mass is 487 g/mol. The van der Waals surface area contributed by atoms with Crippen molar-refractivity contribution in [2.45, 2.75) is 25.4 Å². The Hall–Kier alpha value is -3.70. The van der Waals surface area contributed by atoms with Crippen LogP contribution in [-0.2, 0) is 12.3 Å². The molecule has 0 aliphatic rings. The third-order valence-corrected chi connectivity index (χ3v) is 5.14. The van der Waals surface area contributed by atoms with E-state index in [1.165, 1.54) is 4.40 Å². The van der Waals surface area contributed by atoms with Gasteiger partial charge in [0.25, 0.3) is 0 Å². The lowest BCUT2D eigenvalue weighted by Gasteiger charge is -2.21. The van der Waals surface area contributed by atoms with E-state index in [4.69, 9.17) is 0 Å². The van der Waals surface area contributed by atoms with Crippen LogP contribution in [0.15, 0.2) is 42.7 Å². The number of aromatic hydroxyl groups is 1. The molecule has 0 radical (unpaired) electrons. The molecule has 0 saturated heterocycles. The van der Waals surface area contributed by atoms with Gasteiger partial charge in [-0.1, -0.05) is 6.92 Å². The van der Waals surface area contributed by atoms with E-state index in [1.54, 1.807) is 6.92 Å². The Labute approximate surface area is 186 Å². The van der Waals surface area contributed by atoms with Gasteiger partial charge in [-0.2, -0.15) is 22.0 Å². The van der Waals surface area contributed by atoms with E-state index in [1.807, 2.05) is 0 Å². The molecular weight excluding hydrogens is 474 g/mol. The maximum Gasteiger partial charge on any atom is 0.458 e. The molecule has 2 heterocycles. The van der Waals surface area contributed by atoms with E-state index in [0.717, 1.165) is 18.5 Å². The van der Waals surface area contributed by atoms with Crippen LogP contribution in [-0.4, -0.2) is 25.7 Å². The molecule has 2 aromatic carbocycles. The Morgan fingerprint density at radius 3 is 2.18 bits per heavy atom. The highest BCUT2D eigenvalue weighted by Crippen LogP contribution is 2.45. The number of benzene rings is 2. The van der Waals surface area contributed by atoms with Gasteiger partial charge in [-0.25, -0.2) is 18.2 Å². The highest BCUT2D eigenvalue weighted by atomic mass is 19.4. The topological polar surface area (TPSA) is 50.4 Å². The number of hydrogen-bond donors (Lipinski definition) is 1. The quantitative estimate of drug-likeness (QED) is 0.339. The molecule has 0 saturated carbocycles. The predicted octanol–water partition coefficient (Wildman–Crippen LogP) is 6.40. The SMILES string of the molecule is CCc1nc2cnc(-c3ccc(F)c(C(F)(F)C(F)(F)F)c3)cn2c1-c1c(F)cc(O)cc1F. The third kappa shape index (κ3) is 3.72. The number of phenolic OH excluding ortho intramolecular Hbond substituents is 1. The Kier molecular flexibility index (Phi) is 5.49. The first-order chi connectivity index (χ1) is 15.8. The summed E-state index contributed by atoms with van der Waals surface area (Å²) in [7, 11) is 0. The van der Waals surface area contributed by atoms with Gasteiger partial charge in [0.15, 0.2) is 5.65 Å². The first kappa shape index (κ1) is 23.5. The lowest BCUT2D eigenvalue weighted by Crippen LogP contribution is -2.34. The Bertz CT molecular complexity index is 1390. The smallest absolute Gasteiger partial charge is 0.458 e. The summed E-state index contributed by atoms with van der Waals surface area (Å²) in [6.07, 6.45) is -3.57. The van der Waals surface area contributed by atoms with Crippen molar-refractivity contribution in [2.75, 3.05) is 0 Å². The second-order valence-electron chi connectivity index (χ2n) is 7.31. The number of fused-ring (bicyclic) bond motifs is 1. The molecule has 0 aliphatic heterocycles. The van der Waals surface area contributed by atoms with Crippen molar-refractivity contribution >= 4 is 5.65 Å². The van der Waals surface area contributed by atoms with Crippen molar-refractivity contribution in [3.05, 3.63) is 71.4 Å². The molecule has 0 atom stereocenters. The molecule has 12 heteroatoms. The fourth-order valence-corrected chi connectivity index (χ4v) is 3.53. The molecule has 1 N–H and O–H groups in total. The molecule has 0 aliphatic carbocycles. The number of hydrogen-bond acceptors (Lipinski definition) is 3. The number of rotatable bonds is 4. The molecule has 2 aromatic heterocycles. The van der Waals surface area contributed by atoms with Crippen LogP contribution in [0.3, 0.4) is 0 Å². The lowest BCUT2D eigenvalue weighted by molar-refractivity contribution is -0.290. The van der Waals surface area contributed by atoms with Crippen molar-refractivity contribution in [2.24, 2.45) is 0 Å². The molecule has 0 fully saturated rings. The number of phenols is 1. The Morgan fingerprint density at radius 1 is 0.941 bits per heavy atom. The molecule has 4 rings (SSSR count). The molecule has 0 unspecified atom stereocenters. The molecule has 4 nitrogen and oxygen atoms in total. The minimum absolute atomic E-state index is 0.0703. The minimum atomic E-state index is -6.04. The van der Waals surface area contributed by atoms with Crippen LogP contribution in [0.25, 0.3) is 28.2 Å². The van der Waals surface area contributed by atoms with Gasteiger partial charge in [0.05, 0.1) is 34.4 Å². The summed E-state index contributed by atoms with van der Waals surface area (Å²) in [4.78, 5) is 8.20. The number of alkyl halides is 5. The van der Waals surface area contributed by atoms with Crippen molar-refractivity contribution in [3.8, 4) is 28.3 Å². The summed E-state index contributed by atoms with van der Waals surface area (Å²) in [6, 6.07) is 3.08. The molecule has 0 bridgehead atoms. The lowest BCUT2D eigenvalue weighted by atomic mass is 10.0. The molecule has 178 valence electrons. The fraction of sp³-hybridized carbons (Fsp3) is 0.182. The molecule has 0 spiro atoms. The molecule has 0 amide bonds. The zero-order chi connectivity index (χ0) is 25.0. The van der Waals surface area contributed by atoms with Crippen molar-refractivity contribution < 1.29 is 40.2 Å². The van der Waals surface area contributed by atoms with Gasteiger partial charge in [-0.3, -0.25) is 9.38 Å². The number of imidazole rings is 1. The summed E-state index contributed by atoms with van der Waals surface area (Å²) in [5.74, 6) is -10.1. The van der Waals surface area contributed by atoms with Crippen LogP contribution in [0.5, 0.6) is 5.75 Å². The van der Waals surface area contributed by atoms with Gasteiger partial charge in [0.1, 0.15) is 23.2 Å². The molecule has 34 heavy (non-hydrogen) atoms. The van der Waals surface area contributed by atoms with Gasteiger partial charge in [-0.05, 0) is 24.6 Å². The van der Waals surface area contributed by atoms with Crippen LogP contribution >= 0.6 is 0 Å². The minimum Gasteiger partial charge on any atom is -0.508 e. The Balaban J connectivity index is 1.95. The van der Waals surface area contributed by atoms with E-state index >= 15 is 0 Å². The van der Waals surface area contributed by atoms with E-state index in [2.05, 4.69) is 9.97 Å². The number of aryl methyl sites for hydroxylation is 1.